The average Bonchev–Trinajstić information content (AvgIpc) is 3.17. The molecule has 6 heteroatoms. The van der Waals surface area contributed by atoms with Crippen molar-refractivity contribution < 1.29 is 14.6 Å². The summed E-state index contributed by atoms with van der Waals surface area (Å²) in [6, 6.07) is 12.5. The lowest BCUT2D eigenvalue weighted by molar-refractivity contribution is -0.137. The summed E-state index contributed by atoms with van der Waals surface area (Å²) < 4.78 is 5.80. The highest BCUT2D eigenvalue weighted by molar-refractivity contribution is 5.66. The Bertz CT molecular complexity index is 712. The fourth-order valence-electron chi connectivity index (χ4n) is 3.06. The van der Waals surface area contributed by atoms with E-state index in [1.54, 1.807) is 6.20 Å². The van der Waals surface area contributed by atoms with Gasteiger partial charge in [0.15, 0.2) is 0 Å². The SMILES string of the molecule is O=C(O)CCCc1cccc(CCOc2ccc(C3CCNN3)nc2)c1. The molecule has 0 saturated carbocycles. The molecule has 0 spiro atoms. The minimum Gasteiger partial charge on any atom is -0.492 e. The van der Waals surface area contributed by atoms with E-state index in [1.807, 2.05) is 24.3 Å². The van der Waals surface area contributed by atoms with Gasteiger partial charge in [-0.25, -0.2) is 5.43 Å². The van der Waals surface area contributed by atoms with Crippen LogP contribution in [0.15, 0.2) is 42.6 Å². The van der Waals surface area contributed by atoms with Crippen LogP contribution in [0.3, 0.4) is 0 Å². The number of hydrogen-bond donors (Lipinski definition) is 3. The highest BCUT2D eigenvalue weighted by atomic mass is 16.5. The first kappa shape index (κ1) is 18.4. The third-order valence-corrected chi connectivity index (χ3v) is 4.46. The van der Waals surface area contributed by atoms with Crippen molar-refractivity contribution in [2.45, 2.75) is 38.1 Å². The molecule has 1 fully saturated rings. The maximum Gasteiger partial charge on any atom is 0.303 e. The lowest BCUT2D eigenvalue weighted by Crippen LogP contribution is -2.25. The summed E-state index contributed by atoms with van der Waals surface area (Å²) in [6.45, 7) is 1.54. The molecule has 1 atom stereocenters. The Morgan fingerprint density at radius 1 is 1.23 bits per heavy atom. The molecule has 138 valence electrons. The van der Waals surface area contributed by atoms with E-state index < -0.39 is 5.97 Å². The van der Waals surface area contributed by atoms with Crippen LogP contribution in [0.2, 0.25) is 0 Å². The molecule has 1 saturated heterocycles. The van der Waals surface area contributed by atoms with E-state index in [0.29, 0.717) is 13.0 Å². The number of aryl methyl sites for hydroxylation is 1. The quantitative estimate of drug-likeness (QED) is 0.641. The molecule has 0 aliphatic carbocycles. The number of hydrazine groups is 1. The van der Waals surface area contributed by atoms with E-state index in [4.69, 9.17) is 9.84 Å². The van der Waals surface area contributed by atoms with Crippen LogP contribution in [0.4, 0.5) is 0 Å². The normalized spacial score (nSPS) is 16.5. The summed E-state index contributed by atoms with van der Waals surface area (Å²) in [5.74, 6) is 0.0338. The largest absolute Gasteiger partial charge is 0.492 e. The van der Waals surface area contributed by atoms with Gasteiger partial charge in [0, 0.05) is 19.4 Å². The first-order valence-corrected chi connectivity index (χ1v) is 9.07. The zero-order valence-corrected chi connectivity index (χ0v) is 14.8. The monoisotopic (exact) mass is 355 g/mol. The topological polar surface area (TPSA) is 83.5 Å². The second kappa shape index (κ2) is 9.31. The van der Waals surface area contributed by atoms with Crippen molar-refractivity contribution in [1.82, 2.24) is 15.8 Å². The van der Waals surface area contributed by atoms with Gasteiger partial charge in [0.25, 0.3) is 0 Å². The Morgan fingerprint density at radius 2 is 2.08 bits per heavy atom. The van der Waals surface area contributed by atoms with E-state index in [9.17, 15) is 4.79 Å². The maximum atomic E-state index is 10.6. The third-order valence-electron chi connectivity index (χ3n) is 4.46. The predicted molar refractivity (Wildman–Crippen MR) is 98.9 cm³/mol. The number of aromatic nitrogens is 1. The summed E-state index contributed by atoms with van der Waals surface area (Å²) in [5.41, 5.74) is 9.70. The van der Waals surface area contributed by atoms with Gasteiger partial charge < -0.3 is 9.84 Å². The molecule has 0 radical (unpaired) electrons. The fraction of sp³-hybridized carbons (Fsp3) is 0.400. The van der Waals surface area contributed by atoms with Crippen molar-refractivity contribution in [3.05, 3.63) is 59.4 Å². The minimum absolute atomic E-state index is 0.211. The van der Waals surface area contributed by atoms with Gasteiger partial charge in [-0.05, 0) is 42.5 Å². The van der Waals surface area contributed by atoms with Crippen molar-refractivity contribution in [2.75, 3.05) is 13.2 Å². The van der Waals surface area contributed by atoms with Crippen LogP contribution in [-0.4, -0.2) is 29.2 Å². The van der Waals surface area contributed by atoms with Gasteiger partial charge in [-0.15, -0.1) is 0 Å². The standard InChI is InChI=1S/C20H25N3O3/c24-20(25)6-2-5-15-3-1-4-16(13-15)10-12-26-17-7-8-18(21-14-17)19-9-11-22-23-19/h1,3-4,7-8,13-14,19,22-23H,2,5-6,9-12H2,(H,24,25). The Kier molecular flexibility index (Phi) is 6.57. The number of carboxylic acids is 1. The number of benzene rings is 1. The van der Waals surface area contributed by atoms with E-state index in [-0.39, 0.29) is 12.5 Å². The number of ether oxygens (including phenoxy) is 1. The lowest BCUT2D eigenvalue weighted by Gasteiger charge is -2.10. The van der Waals surface area contributed by atoms with Gasteiger partial charge in [0.2, 0.25) is 0 Å². The second-order valence-corrected chi connectivity index (χ2v) is 6.50. The Morgan fingerprint density at radius 3 is 2.77 bits per heavy atom. The number of carboxylic acid groups (broad SMARTS) is 1. The van der Waals surface area contributed by atoms with Crippen LogP contribution >= 0.6 is 0 Å². The van der Waals surface area contributed by atoms with E-state index in [0.717, 1.165) is 37.3 Å². The molecule has 1 aliphatic heterocycles. The lowest BCUT2D eigenvalue weighted by atomic mass is 10.0. The van der Waals surface area contributed by atoms with E-state index in [1.165, 1.54) is 11.1 Å². The first-order valence-electron chi connectivity index (χ1n) is 9.07. The molecular weight excluding hydrogens is 330 g/mol. The van der Waals surface area contributed by atoms with Crippen LogP contribution in [0, 0.1) is 0 Å². The van der Waals surface area contributed by atoms with Crippen molar-refractivity contribution in [1.29, 1.82) is 0 Å². The molecular formula is C20H25N3O3. The molecule has 2 heterocycles. The minimum atomic E-state index is -0.742. The number of pyridine rings is 1. The van der Waals surface area contributed by atoms with Crippen LogP contribution in [0.1, 0.15) is 42.1 Å². The zero-order chi connectivity index (χ0) is 18.2. The molecule has 6 nitrogen and oxygen atoms in total. The van der Waals surface area contributed by atoms with Crippen LogP contribution in [-0.2, 0) is 17.6 Å². The van der Waals surface area contributed by atoms with Crippen molar-refractivity contribution in [3.63, 3.8) is 0 Å². The summed E-state index contributed by atoms with van der Waals surface area (Å²) in [6.07, 6.45) is 5.29. The van der Waals surface area contributed by atoms with Gasteiger partial charge in [0.1, 0.15) is 5.75 Å². The fourth-order valence-corrected chi connectivity index (χ4v) is 3.06. The molecule has 2 aromatic rings. The molecule has 0 bridgehead atoms. The summed E-state index contributed by atoms with van der Waals surface area (Å²) in [5, 5.41) is 8.72. The van der Waals surface area contributed by atoms with Crippen LogP contribution < -0.4 is 15.6 Å². The first-order chi connectivity index (χ1) is 12.7. The molecule has 0 amide bonds. The van der Waals surface area contributed by atoms with Crippen molar-refractivity contribution in [2.24, 2.45) is 0 Å². The maximum absolute atomic E-state index is 10.6. The summed E-state index contributed by atoms with van der Waals surface area (Å²) in [7, 11) is 0. The highest BCUT2D eigenvalue weighted by Crippen LogP contribution is 2.19. The highest BCUT2D eigenvalue weighted by Gasteiger charge is 2.16. The van der Waals surface area contributed by atoms with E-state index >= 15 is 0 Å². The molecule has 1 aromatic carbocycles. The molecule has 26 heavy (non-hydrogen) atoms. The summed E-state index contributed by atoms with van der Waals surface area (Å²) >= 11 is 0. The van der Waals surface area contributed by atoms with Gasteiger partial charge in [-0.1, -0.05) is 24.3 Å². The Hall–Kier alpha value is -2.44. The Labute approximate surface area is 153 Å². The number of aliphatic carboxylic acids is 1. The number of rotatable bonds is 9. The number of nitrogens with one attached hydrogen (secondary N) is 2. The molecule has 1 aliphatic rings. The third kappa shape index (κ3) is 5.54. The van der Waals surface area contributed by atoms with Gasteiger partial charge in [-0.2, -0.15) is 0 Å². The van der Waals surface area contributed by atoms with Crippen LogP contribution in [0.5, 0.6) is 5.75 Å². The van der Waals surface area contributed by atoms with Gasteiger partial charge >= 0.3 is 5.97 Å². The van der Waals surface area contributed by atoms with Gasteiger partial charge in [-0.3, -0.25) is 15.2 Å². The predicted octanol–water partition coefficient (Wildman–Crippen LogP) is 2.65. The zero-order valence-electron chi connectivity index (χ0n) is 14.8. The molecule has 1 unspecified atom stereocenters. The molecule has 1 aromatic heterocycles. The molecule has 3 rings (SSSR count). The number of carbonyl (C=O) groups is 1. The van der Waals surface area contributed by atoms with Crippen molar-refractivity contribution >= 4 is 5.97 Å². The Balaban J connectivity index is 1.44. The van der Waals surface area contributed by atoms with E-state index in [2.05, 4.69) is 28.0 Å². The smallest absolute Gasteiger partial charge is 0.303 e. The number of hydrogen-bond acceptors (Lipinski definition) is 5. The molecule has 3 N–H and O–H groups in total. The van der Waals surface area contributed by atoms with Crippen molar-refractivity contribution in [3.8, 4) is 5.75 Å². The second-order valence-electron chi connectivity index (χ2n) is 6.50. The van der Waals surface area contributed by atoms with Crippen LogP contribution in [0.25, 0.3) is 0 Å². The summed E-state index contributed by atoms with van der Waals surface area (Å²) in [4.78, 5) is 15.1. The average molecular weight is 355 g/mol. The number of nitrogens with zero attached hydrogens (tertiary/aromatic N) is 1. The van der Waals surface area contributed by atoms with Gasteiger partial charge in [0.05, 0.1) is 24.5 Å².